The highest BCUT2D eigenvalue weighted by atomic mass is 35.5. The number of hydrogen-bond acceptors (Lipinski definition) is 4. The number of carbonyl (C=O) groups excluding carboxylic acids is 2. The number of aromatic nitrogens is 1. The predicted molar refractivity (Wildman–Crippen MR) is 113 cm³/mol. The maximum absolute atomic E-state index is 12.2. The summed E-state index contributed by atoms with van der Waals surface area (Å²) in [5, 5.41) is 12.8. The van der Waals surface area contributed by atoms with E-state index in [0.717, 1.165) is 17.8 Å². The Bertz CT molecular complexity index is 1000. The Hall–Kier alpha value is -2.75. The van der Waals surface area contributed by atoms with Gasteiger partial charge in [0.05, 0.1) is 15.7 Å². The number of nitrogens with zero attached hydrogens (tertiary/aromatic N) is 2. The molecule has 0 aliphatic heterocycles. The predicted octanol–water partition coefficient (Wildman–Crippen LogP) is 4.38. The van der Waals surface area contributed by atoms with Crippen LogP contribution < -0.4 is 5.32 Å². The van der Waals surface area contributed by atoms with Crippen LogP contribution in [0.3, 0.4) is 0 Å². The summed E-state index contributed by atoms with van der Waals surface area (Å²) in [5.74, 6) is -1.27. The summed E-state index contributed by atoms with van der Waals surface area (Å²) in [7, 11) is 0. The molecule has 1 aromatic heterocycles. The number of amides is 1. The van der Waals surface area contributed by atoms with E-state index >= 15 is 0 Å². The zero-order valence-electron chi connectivity index (χ0n) is 16.4. The van der Waals surface area contributed by atoms with Crippen molar-refractivity contribution in [3.05, 3.63) is 56.8 Å². The first-order valence-corrected chi connectivity index (χ1v) is 9.74. The number of rotatable bonds is 7. The Morgan fingerprint density at radius 2 is 2.03 bits per heavy atom. The molecule has 0 unspecified atom stereocenters. The number of nitriles is 1. The summed E-state index contributed by atoms with van der Waals surface area (Å²) in [6.07, 6.45) is 2.21. The number of esters is 1. The molecule has 0 atom stereocenters. The molecule has 8 heteroatoms. The average molecular weight is 434 g/mol. The molecule has 2 aromatic rings. The zero-order valence-corrected chi connectivity index (χ0v) is 17.9. The van der Waals surface area contributed by atoms with Crippen LogP contribution in [0, 0.1) is 25.2 Å². The van der Waals surface area contributed by atoms with Crippen molar-refractivity contribution in [1.82, 2.24) is 9.88 Å². The van der Waals surface area contributed by atoms with Crippen molar-refractivity contribution in [3.63, 3.8) is 0 Å². The smallest absolute Gasteiger partial charge is 0.349 e. The fourth-order valence-electron chi connectivity index (χ4n) is 2.79. The first-order chi connectivity index (χ1) is 13.8. The highest BCUT2D eigenvalue weighted by Crippen LogP contribution is 2.32. The number of benzene rings is 1. The minimum absolute atomic E-state index is 0.203. The van der Waals surface area contributed by atoms with Crippen LogP contribution in [-0.2, 0) is 14.3 Å². The molecule has 1 N–H and O–H groups in total. The van der Waals surface area contributed by atoms with Crippen molar-refractivity contribution < 1.29 is 14.3 Å². The lowest BCUT2D eigenvalue weighted by Crippen LogP contribution is -2.29. The molecule has 0 saturated carbocycles. The average Bonchev–Trinajstić information content (AvgIpc) is 2.97. The number of carbonyl (C=O) groups is 2. The second kappa shape index (κ2) is 10.1. The topological polar surface area (TPSA) is 84.1 Å². The Morgan fingerprint density at radius 1 is 1.31 bits per heavy atom. The molecule has 0 radical (unpaired) electrons. The molecule has 0 spiro atoms. The molecule has 0 aliphatic rings. The molecule has 29 heavy (non-hydrogen) atoms. The van der Waals surface area contributed by atoms with Crippen molar-refractivity contribution in [1.29, 1.82) is 5.26 Å². The minimum Gasteiger partial charge on any atom is -0.451 e. The number of hydrogen-bond donors (Lipinski definition) is 1. The summed E-state index contributed by atoms with van der Waals surface area (Å²) in [6.45, 7) is 5.69. The Kier molecular flexibility index (Phi) is 7.89. The van der Waals surface area contributed by atoms with Gasteiger partial charge in [-0.15, -0.1) is 0 Å². The van der Waals surface area contributed by atoms with Crippen LogP contribution in [-0.4, -0.2) is 29.6 Å². The van der Waals surface area contributed by atoms with E-state index in [-0.39, 0.29) is 5.57 Å². The lowest BCUT2D eigenvalue weighted by atomic mass is 10.1. The van der Waals surface area contributed by atoms with Crippen LogP contribution in [0.4, 0.5) is 0 Å². The fraction of sp³-hybridized carbons (Fsp3) is 0.286. The first-order valence-electron chi connectivity index (χ1n) is 8.99. The maximum Gasteiger partial charge on any atom is 0.349 e. The van der Waals surface area contributed by atoms with E-state index in [9.17, 15) is 14.9 Å². The van der Waals surface area contributed by atoms with Crippen molar-refractivity contribution in [2.24, 2.45) is 0 Å². The first kappa shape index (κ1) is 22.5. The standard InChI is InChI=1S/C21H21Cl2N3O3/c1-4-8-25-19(27)12-29-21(28)16(11-24)10-15-9-13(2)26(14(15)3)18-7-5-6-17(22)20(18)23/h5-7,9-10H,4,8,12H2,1-3H3,(H,25,27)/b16-10+. The van der Waals surface area contributed by atoms with Gasteiger partial charge in [-0.1, -0.05) is 36.2 Å². The van der Waals surface area contributed by atoms with Gasteiger partial charge in [-0.25, -0.2) is 4.79 Å². The number of ether oxygens (including phenoxy) is 1. The second-order valence-corrected chi connectivity index (χ2v) is 7.12. The van der Waals surface area contributed by atoms with E-state index in [1.807, 2.05) is 43.5 Å². The third-order valence-electron chi connectivity index (χ3n) is 4.19. The summed E-state index contributed by atoms with van der Waals surface area (Å²) < 4.78 is 6.82. The number of aryl methyl sites for hydroxylation is 1. The molecule has 0 bridgehead atoms. The van der Waals surface area contributed by atoms with Crippen LogP contribution in [0.25, 0.3) is 11.8 Å². The SMILES string of the molecule is CCCNC(=O)COC(=O)/C(C#N)=C/c1cc(C)n(-c2cccc(Cl)c2Cl)c1C. The third-order valence-corrected chi connectivity index (χ3v) is 5.00. The molecule has 152 valence electrons. The molecule has 1 amide bonds. The molecule has 1 heterocycles. The third kappa shape index (κ3) is 5.41. The van der Waals surface area contributed by atoms with E-state index in [2.05, 4.69) is 5.32 Å². The minimum atomic E-state index is -0.857. The number of halogens is 2. The van der Waals surface area contributed by atoms with Crippen molar-refractivity contribution in [3.8, 4) is 11.8 Å². The van der Waals surface area contributed by atoms with E-state index in [0.29, 0.717) is 27.8 Å². The van der Waals surface area contributed by atoms with E-state index in [1.165, 1.54) is 6.08 Å². The summed E-state index contributed by atoms with van der Waals surface area (Å²) in [4.78, 5) is 23.8. The summed E-state index contributed by atoms with van der Waals surface area (Å²) in [5.41, 5.74) is 2.77. The fourth-order valence-corrected chi connectivity index (χ4v) is 3.17. The summed E-state index contributed by atoms with van der Waals surface area (Å²) >= 11 is 12.5. The normalized spacial score (nSPS) is 11.1. The van der Waals surface area contributed by atoms with Gasteiger partial charge in [0, 0.05) is 17.9 Å². The molecule has 2 rings (SSSR count). The van der Waals surface area contributed by atoms with Gasteiger partial charge in [0.15, 0.2) is 6.61 Å². The van der Waals surface area contributed by atoms with E-state index in [1.54, 1.807) is 12.1 Å². The molecule has 0 fully saturated rings. The van der Waals surface area contributed by atoms with Crippen molar-refractivity contribution in [2.45, 2.75) is 27.2 Å². The summed E-state index contributed by atoms with van der Waals surface area (Å²) in [6, 6.07) is 8.97. The molecular formula is C21H21Cl2N3O3. The van der Waals surface area contributed by atoms with Gasteiger partial charge in [0.25, 0.3) is 5.91 Å². The van der Waals surface area contributed by atoms with Crippen LogP contribution in [0.15, 0.2) is 29.8 Å². The molecule has 0 aliphatic carbocycles. The largest absolute Gasteiger partial charge is 0.451 e. The lowest BCUT2D eigenvalue weighted by molar-refractivity contribution is -0.144. The highest BCUT2D eigenvalue weighted by molar-refractivity contribution is 6.43. The van der Waals surface area contributed by atoms with Gasteiger partial charge in [-0.3, -0.25) is 4.79 Å². The van der Waals surface area contributed by atoms with Crippen LogP contribution >= 0.6 is 23.2 Å². The second-order valence-electron chi connectivity index (χ2n) is 6.33. The van der Waals surface area contributed by atoms with Gasteiger partial charge >= 0.3 is 5.97 Å². The molecule has 0 saturated heterocycles. The molecule has 1 aromatic carbocycles. The van der Waals surface area contributed by atoms with Crippen LogP contribution in [0.2, 0.25) is 10.0 Å². The lowest BCUT2D eigenvalue weighted by Gasteiger charge is -2.12. The molecule has 6 nitrogen and oxygen atoms in total. The maximum atomic E-state index is 12.2. The van der Waals surface area contributed by atoms with E-state index < -0.39 is 18.5 Å². The Balaban J connectivity index is 2.29. The van der Waals surface area contributed by atoms with Crippen molar-refractivity contribution >= 4 is 41.2 Å². The Labute approximate surface area is 179 Å². The van der Waals surface area contributed by atoms with Crippen LogP contribution in [0.1, 0.15) is 30.3 Å². The van der Waals surface area contributed by atoms with Gasteiger partial charge in [0.1, 0.15) is 11.6 Å². The van der Waals surface area contributed by atoms with Crippen LogP contribution in [0.5, 0.6) is 0 Å². The van der Waals surface area contributed by atoms with Crippen molar-refractivity contribution in [2.75, 3.05) is 13.2 Å². The van der Waals surface area contributed by atoms with Gasteiger partial charge in [0.2, 0.25) is 0 Å². The monoisotopic (exact) mass is 433 g/mol. The quantitative estimate of drug-likeness (QED) is 0.398. The zero-order chi connectivity index (χ0) is 21.6. The van der Waals surface area contributed by atoms with Gasteiger partial charge in [-0.2, -0.15) is 5.26 Å². The Morgan fingerprint density at radius 3 is 2.69 bits per heavy atom. The van der Waals surface area contributed by atoms with E-state index in [4.69, 9.17) is 27.9 Å². The van der Waals surface area contributed by atoms with Gasteiger partial charge < -0.3 is 14.6 Å². The number of nitrogens with one attached hydrogen (secondary N) is 1. The van der Waals surface area contributed by atoms with Gasteiger partial charge in [-0.05, 0) is 50.1 Å². The highest BCUT2D eigenvalue weighted by Gasteiger charge is 2.17. The molecular weight excluding hydrogens is 413 g/mol.